The van der Waals surface area contributed by atoms with Gasteiger partial charge in [-0.1, -0.05) is 152 Å². The second kappa shape index (κ2) is 10.6. The van der Waals surface area contributed by atoms with E-state index in [-0.39, 0.29) is 5.97 Å². The number of esters is 1. The van der Waals surface area contributed by atoms with Crippen molar-refractivity contribution in [3.8, 4) is 44.5 Å². The quantitative estimate of drug-likeness (QED) is 0.209. The van der Waals surface area contributed by atoms with E-state index in [1.54, 1.807) is 0 Å². The summed E-state index contributed by atoms with van der Waals surface area (Å²) < 4.78 is 6.16. The molecule has 0 aliphatic carbocycles. The van der Waals surface area contributed by atoms with Gasteiger partial charge < -0.3 is 4.74 Å². The van der Waals surface area contributed by atoms with Crippen LogP contribution in [-0.4, -0.2) is 5.97 Å². The summed E-state index contributed by atoms with van der Waals surface area (Å²) in [6.45, 7) is 0. The molecule has 41 heavy (non-hydrogen) atoms. The summed E-state index contributed by atoms with van der Waals surface area (Å²) in [6, 6.07) is 51.4. The van der Waals surface area contributed by atoms with E-state index in [4.69, 9.17) is 4.74 Å². The molecule has 0 saturated carbocycles. The van der Waals surface area contributed by atoms with Crippen LogP contribution in [0.2, 0.25) is 0 Å². The van der Waals surface area contributed by atoms with Crippen LogP contribution >= 0.6 is 0 Å². The normalized spacial score (nSPS) is 13.2. The van der Waals surface area contributed by atoms with Gasteiger partial charge in [-0.2, -0.15) is 0 Å². The predicted molar refractivity (Wildman–Crippen MR) is 168 cm³/mol. The summed E-state index contributed by atoms with van der Waals surface area (Å²) in [5, 5.41) is 0. The van der Waals surface area contributed by atoms with Gasteiger partial charge in [0.1, 0.15) is 5.76 Å². The molecule has 2 nitrogen and oxygen atoms in total. The van der Waals surface area contributed by atoms with E-state index in [0.717, 1.165) is 55.6 Å². The van der Waals surface area contributed by atoms with Crippen molar-refractivity contribution >= 4 is 17.8 Å². The van der Waals surface area contributed by atoms with E-state index in [1.807, 2.05) is 97.1 Å². The van der Waals surface area contributed by atoms with Gasteiger partial charge in [0, 0.05) is 16.7 Å². The maximum atomic E-state index is 14.0. The zero-order valence-electron chi connectivity index (χ0n) is 22.3. The van der Waals surface area contributed by atoms with Crippen molar-refractivity contribution in [2.75, 3.05) is 0 Å². The number of rotatable bonds is 5. The standard InChI is InChI=1S/C39H26O2/c40-39-38-36(31-24-14-5-15-25-31)34(29-20-10-3-11-21-29)33(28-18-8-2-9-19-28)35(30-22-12-4-13-23-30)37(38)32(41-39)26-27-16-6-1-7-17-27/h1-26H. The zero-order chi connectivity index (χ0) is 27.6. The van der Waals surface area contributed by atoms with Crippen LogP contribution in [0.3, 0.4) is 0 Å². The average Bonchev–Trinajstić information content (AvgIpc) is 3.36. The van der Waals surface area contributed by atoms with E-state index in [0.29, 0.717) is 11.3 Å². The molecule has 0 amide bonds. The Bertz CT molecular complexity index is 1870. The third-order valence-corrected chi connectivity index (χ3v) is 7.50. The van der Waals surface area contributed by atoms with Crippen LogP contribution in [0.1, 0.15) is 21.5 Å². The van der Waals surface area contributed by atoms with Gasteiger partial charge in [0.15, 0.2) is 0 Å². The van der Waals surface area contributed by atoms with Crippen LogP contribution in [0.5, 0.6) is 0 Å². The first kappa shape index (κ1) is 24.6. The predicted octanol–water partition coefficient (Wildman–Crippen LogP) is 10.0. The maximum absolute atomic E-state index is 14.0. The third kappa shape index (κ3) is 4.46. The number of carbonyl (C=O) groups excluding carboxylic acids is 1. The lowest BCUT2D eigenvalue weighted by Crippen LogP contribution is -2.04. The highest BCUT2D eigenvalue weighted by Crippen LogP contribution is 2.53. The van der Waals surface area contributed by atoms with Crippen molar-refractivity contribution < 1.29 is 9.53 Å². The Morgan fingerprint density at radius 2 is 0.683 bits per heavy atom. The minimum Gasteiger partial charge on any atom is -0.422 e. The fourth-order valence-corrected chi connectivity index (χ4v) is 5.78. The van der Waals surface area contributed by atoms with Gasteiger partial charge in [-0.05, 0) is 45.0 Å². The van der Waals surface area contributed by atoms with Crippen molar-refractivity contribution in [2.45, 2.75) is 0 Å². The minimum absolute atomic E-state index is 0.338. The van der Waals surface area contributed by atoms with Gasteiger partial charge in [-0.25, -0.2) is 4.79 Å². The molecule has 0 spiro atoms. The van der Waals surface area contributed by atoms with Gasteiger partial charge in [0.25, 0.3) is 0 Å². The Morgan fingerprint density at radius 1 is 0.366 bits per heavy atom. The van der Waals surface area contributed by atoms with Crippen LogP contribution in [0.15, 0.2) is 152 Å². The first-order valence-corrected chi connectivity index (χ1v) is 13.7. The number of hydrogen-bond donors (Lipinski definition) is 0. The lowest BCUT2D eigenvalue weighted by atomic mass is 9.77. The molecule has 6 aromatic carbocycles. The summed E-state index contributed by atoms with van der Waals surface area (Å²) in [5.74, 6) is 0.221. The van der Waals surface area contributed by atoms with Crippen LogP contribution < -0.4 is 0 Å². The lowest BCUT2D eigenvalue weighted by molar-refractivity contribution is 0.0718. The van der Waals surface area contributed by atoms with Gasteiger partial charge in [0.05, 0.1) is 5.56 Å². The van der Waals surface area contributed by atoms with Crippen molar-refractivity contribution in [1.82, 2.24) is 0 Å². The molecule has 7 rings (SSSR count). The fraction of sp³-hybridized carbons (Fsp3) is 0. The summed E-state index contributed by atoms with van der Waals surface area (Å²) >= 11 is 0. The number of ether oxygens (including phenoxy) is 1. The SMILES string of the molecule is O=C1OC(=Cc2ccccc2)c2c1c(-c1ccccc1)c(-c1ccccc1)c(-c1ccccc1)c2-c1ccccc1. The summed E-state index contributed by atoms with van der Waals surface area (Å²) in [7, 11) is 0. The molecular formula is C39H26O2. The molecule has 2 heteroatoms. The minimum atomic E-state index is -0.338. The van der Waals surface area contributed by atoms with Gasteiger partial charge in [-0.3, -0.25) is 0 Å². The van der Waals surface area contributed by atoms with Gasteiger partial charge in [-0.15, -0.1) is 0 Å². The smallest absolute Gasteiger partial charge is 0.344 e. The Morgan fingerprint density at radius 3 is 1.07 bits per heavy atom. The Balaban J connectivity index is 1.72. The van der Waals surface area contributed by atoms with Crippen molar-refractivity contribution in [2.24, 2.45) is 0 Å². The monoisotopic (exact) mass is 526 g/mol. The number of benzene rings is 6. The maximum Gasteiger partial charge on any atom is 0.344 e. The molecule has 0 bridgehead atoms. The van der Waals surface area contributed by atoms with Crippen LogP contribution in [0.4, 0.5) is 0 Å². The molecule has 0 aromatic heterocycles. The number of fused-ring (bicyclic) bond motifs is 1. The number of hydrogen-bond acceptors (Lipinski definition) is 2. The third-order valence-electron chi connectivity index (χ3n) is 7.50. The van der Waals surface area contributed by atoms with E-state index in [9.17, 15) is 4.79 Å². The molecule has 1 aliphatic rings. The molecule has 1 aliphatic heterocycles. The Hall–Kier alpha value is -5.47. The second-order valence-electron chi connectivity index (χ2n) is 10.0. The summed E-state index contributed by atoms with van der Waals surface area (Å²) in [6.07, 6.45) is 1.97. The van der Waals surface area contributed by atoms with Gasteiger partial charge >= 0.3 is 5.97 Å². The summed E-state index contributed by atoms with van der Waals surface area (Å²) in [4.78, 5) is 14.0. The van der Waals surface area contributed by atoms with E-state index in [1.165, 1.54) is 0 Å². The average molecular weight is 527 g/mol. The van der Waals surface area contributed by atoms with Crippen molar-refractivity contribution in [1.29, 1.82) is 0 Å². The topological polar surface area (TPSA) is 26.3 Å². The number of carbonyl (C=O) groups is 1. The number of cyclic esters (lactones) is 1. The molecule has 0 atom stereocenters. The highest BCUT2D eigenvalue weighted by molar-refractivity contribution is 6.19. The van der Waals surface area contributed by atoms with Crippen LogP contribution in [0, 0.1) is 0 Å². The summed E-state index contributed by atoms with van der Waals surface area (Å²) in [5.41, 5.74) is 10.4. The van der Waals surface area contributed by atoms with Crippen molar-refractivity contribution in [3.05, 3.63) is 168 Å². The van der Waals surface area contributed by atoms with E-state index in [2.05, 4.69) is 60.7 Å². The zero-order valence-corrected chi connectivity index (χ0v) is 22.3. The van der Waals surface area contributed by atoms with Crippen LogP contribution in [-0.2, 0) is 4.74 Å². The molecule has 194 valence electrons. The first-order chi connectivity index (χ1) is 20.3. The first-order valence-electron chi connectivity index (χ1n) is 13.7. The highest BCUT2D eigenvalue weighted by atomic mass is 16.5. The molecule has 0 N–H and O–H groups in total. The largest absolute Gasteiger partial charge is 0.422 e. The lowest BCUT2D eigenvalue weighted by Gasteiger charge is -2.24. The Labute approximate surface area is 239 Å². The molecule has 0 fully saturated rings. The van der Waals surface area contributed by atoms with E-state index < -0.39 is 0 Å². The second-order valence-corrected chi connectivity index (χ2v) is 10.0. The Kier molecular flexibility index (Phi) is 6.35. The molecule has 0 unspecified atom stereocenters. The van der Waals surface area contributed by atoms with Crippen molar-refractivity contribution in [3.63, 3.8) is 0 Å². The molecule has 1 heterocycles. The fourth-order valence-electron chi connectivity index (χ4n) is 5.78. The molecular weight excluding hydrogens is 500 g/mol. The van der Waals surface area contributed by atoms with Crippen LogP contribution in [0.25, 0.3) is 56.3 Å². The molecule has 0 saturated heterocycles. The molecule has 6 aromatic rings. The van der Waals surface area contributed by atoms with E-state index >= 15 is 0 Å². The molecule has 0 radical (unpaired) electrons. The highest BCUT2D eigenvalue weighted by Gasteiger charge is 2.37. The van der Waals surface area contributed by atoms with Gasteiger partial charge in [0.2, 0.25) is 0 Å².